The van der Waals surface area contributed by atoms with Gasteiger partial charge in [-0.1, -0.05) is 18.2 Å². The second-order valence-electron chi connectivity index (χ2n) is 1.56. The van der Waals surface area contributed by atoms with E-state index in [0.29, 0.717) is 4.90 Å². The summed E-state index contributed by atoms with van der Waals surface area (Å²) in [7, 11) is 0. The second-order valence-corrected chi connectivity index (χ2v) is 2.53. The molecule has 0 heterocycles. The van der Waals surface area contributed by atoms with E-state index in [1.54, 1.807) is 30.3 Å². The summed E-state index contributed by atoms with van der Waals surface area (Å²) in [5, 5.41) is 0. The smallest absolute Gasteiger partial charge is 0.186 e. The minimum atomic E-state index is -1.83. The summed E-state index contributed by atoms with van der Waals surface area (Å²) in [5.41, 5.74) is 0. The third kappa shape index (κ3) is 2.73. The molecule has 2 nitrogen and oxygen atoms in total. The fourth-order valence-electron chi connectivity index (χ4n) is 0.537. The topological polar surface area (TPSA) is 37.3 Å². The minimum absolute atomic E-state index is 0. The normalized spacial score (nSPS) is 11.7. The van der Waals surface area contributed by atoms with Crippen LogP contribution in [0.25, 0.3) is 0 Å². The van der Waals surface area contributed by atoms with Gasteiger partial charge in [0, 0.05) is 21.1 Å². The fraction of sp³-hybridized carbons (Fsp3) is 0. The summed E-state index contributed by atoms with van der Waals surface area (Å²) in [6.07, 6.45) is 0. The first kappa shape index (κ1) is 10.0. The van der Waals surface area contributed by atoms with Gasteiger partial charge in [0.2, 0.25) is 0 Å². The van der Waals surface area contributed by atoms with Gasteiger partial charge in [0.25, 0.3) is 0 Å². The molecule has 0 saturated heterocycles. The van der Waals surface area contributed by atoms with E-state index >= 15 is 0 Å². The molecule has 1 unspecified atom stereocenters. The third-order valence-electron chi connectivity index (χ3n) is 0.945. The number of hydrogen-bond acceptors (Lipinski definition) is 1. The standard InChI is InChI=1S/C6H6O2S.Mo/c7-9(8)6-4-2-1-3-5-6;/h1-5H,(H,7,8);. The van der Waals surface area contributed by atoms with E-state index in [9.17, 15) is 4.21 Å². The van der Waals surface area contributed by atoms with E-state index in [4.69, 9.17) is 4.55 Å². The summed E-state index contributed by atoms with van der Waals surface area (Å²) in [5.74, 6) is 0. The zero-order valence-corrected chi connectivity index (χ0v) is 7.88. The van der Waals surface area contributed by atoms with Gasteiger partial charge in [0.1, 0.15) is 0 Å². The van der Waals surface area contributed by atoms with Crippen LogP contribution in [0.5, 0.6) is 0 Å². The van der Waals surface area contributed by atoms with E-state index in [0.717, 1.165) is 0 Å². The van der Waals surface area contributed by atoms with Gasteiger partial charge in [-0.2, -0.15) is 0 Å². The molecular formula is C6H6MoO2S. The molecule has 1 aromatic rings. The maximum absolute atomic E-state index is 10.3. The van der Waals surface area contributed by atoms with Crippen molar-refractivity contribution in [3.8, 4) is 0 Å². The third-order valence-corrected chi connectivity index (χ3v) is 1.62. The Labute approximate surface area is 76.2 Å². The van der Waals surface area contributed by atoms with Crippen molar-refractivity contribution in [1.82, 2.24) is 0 Å². The first-order valence-electron chi connectivity index (χ1n) is 2.46. The Kier molecular flexibility index (Phi) is 4.78. The molecule has 0 radical (unpaired) electrons. The van der Waals surface area contributed by atoms with Crippen LogP contribution in [0.4, 0.5) is 0 Å². The molecule has 0 aliphatic rings. The zero-order valence-electron chi connectivity index (χ0n) is 5.06. The summed E-state index contributed by atoms with van der Waals surface area (Å²) in [6, 6.07) is 8.47. The van der Waals surface area contributed by atoms with Gasteiger partial charge in [0.15, 0.2) is 11.1 Å². The van der Waals surface area contributed by atoms with Crippen molar-refractivity contribution in [3.05, 3.63) is 30.3 Å². The molecule has 1 aromatic carbocycles. The molecule has 54 valence electrons. The van der Waals surface area contributed by atoms with Gasteiger partial charge in [-0.15, -0.1) is 0 Å². The summed E-state index contributed by atoms with van der Waals surface area (Å²) in [4.78, 5) is 0.442. The largest absolute Gasteiger partial charge is 0.302 e. The Bertz CT molecular complexity index is 212. The average Bonchev–Trinajstić information content (AvgIpc) is 1.90. The Morgan fingerprint density at radius 2 is 1.70 bits per heavy atom. The van der Waals surface area contributed by atoms with Gasteiger partial charge in [-0.25, -0.2) is 4.21 Å². The van der Waals surface area contributed by atoms with Crippen LogP contribution in [-0.2, 0) is 32.1 Å². The maximum atomic E-state index is 10.3. The Morgan fingerprint density at radius 1 is 1.20 bits per heavy atom. The summed E-state index contributed by atoms with van der Waals surface area (Å²) >= 11 is -1.83. The van der Waals surface area contributed by atoms with Crippen molar-refractivity contribution in [2.45, 2.75) is 4.90 Å². The van der Waals surface area contributed by atoms with Crippen LogP contribution < -0.4 is 0 Å². The molecule has 0 aromatic heterocycles. The van der Waals surface area contributed by atoms with Gasteiger partial charge in [-0.05, 0) is 12.1 Å². The predicted molar refractivity (Wildman–Crippen MR) is 35.5 cm³/mol. The molecule has 4 heteroatoms. The predicted octanol–water partition coefficient (Wildman–Crippen LogP) is 1.26. The molecule has 1 rings (SSSR count). The fourth-order valence-corrected chi connectivity index (χ4v) is 0.927. The number of rotatable bonds is 1. The van der Waals surface area contributed by atoms with E-state index in [2.05, 4.69) is 0 Å². The van der Waals surface area contributed by atoms with Gasteiger partial charge < -0.3 is 4.55 Å². The SMILES string of the molecule is O=S(O)c1ccccc1.[Mo]. The molecule has 0 spiro atoms. The maximum Gasteiger partial charge on any atom is 0.186 e. The molecular weight excluding hydrogens is 232 g/mol. The van der Waals surface area contributed by atoms with E-state index in [1.165, 1.54) is 0 Å². The van der Waals surface area contributed by atoms with E-state index in [-0.39, 0.29) is 21.1 Å². The summed E-state index contributed by atoms with van der Waals surface area (Å²) in [6.45, 7) is 0. The molecule has 0 aliphatic carbocycles. The Morgan fingerprint density at radius 3 is 2.00 bits per heavy atom. The van der Waals surface area contributed by atoms with Gasteiger partial charge >= 0.3 is 0 Å². The average molecular weight is 238 g/mol. The molecule has 0 saturated carbocycles. The van der Waals surface area contributed by atoms with Crippen LogP contribution in [0, 0.1) is 0 Å². The van der Waals surface area contributed by atoms with Gasteiger partial charge in [-0.3, -0.25) is 0 Å². The van der Waals surface area contributed by atoms with Gasteiger partial charge in [0.05, 0.1) is 4.90 Å². The Balaban J connectivity index is 0.000000810. The number of hydrogen-bond donors (Lipinski definition) is 1. The minimum Gasteiger partial charge on any atom is -0.302 e. The Hall–Kier alpha value is 0.0183. The van der Waals surface area contributed by atoms with Crippen LogP contribution in [0.1, 0.15) is 0 Å². The van der Waals surface area contributed by atoms with Crippen molar-refractivity contribution < 1.29 is 29.8 Å². The van der Waals surface area contributed by atoms with Crippen LogP contribution in [0.2, 0.25) is 0 Å². The monoisotopic (exact) mass is 240 g/mol. The molecule has 0 aliphatic heterocycles. The van der Waals surface area contributed by atoms with Crippen molar-refractivity contribution in [2.24, 2.45) is 0 Å². The van der Waals surface area contributed by atoms with Crippen LogP contribution in [0.3, 0.4) is 0 Å². The van der Waals surface area contributed by atoms with Crippen molar-refractivity contribution in [1.29, 1.82) is 0 Å². The van der Waals surface area contributed by atoms with Crippen molar-refractivity contribution in [2.75, 3.05) is 0 Å². The second kappa shape index (κ2) is 4.78. The first-order chi connectivity index (χ1) is 4.30. The molecule has 0 amide bonds. The number of benzene rings is 1. The van der Waals surface area contributed by atoms with E-state index < -0.39 is 11.1 Å². The van der Waals surface area contributed by atoms with Crippen molar-refractivity contribution >= 4 is 11.1 Å². The molecule has 10 heavy (non-hydrogen) atoms. The van der Waals surface area contributed by atoms with Crippen LogP contribution in [0.15, 0.2) is 35.2 Å². The molecule has 0 fully saturated rings. The van der Waals surface area contributed by atoms with Crippen molar-refractivity contribution in [3.63, 3.8) is 0 Å². The first-order valence-corrected chi connectivity index (χ1v) is 3.57. The quantitative estimate of drug-likeness (QED) is 0.590. The molecule has 0 bridgehead atoms. The zero-order chi connectivity index (χ0) is 6.69. The summed E-state index contributed by atoms with van der Waals surface area (Å²) < 4.78 is 18.8. The van der Waals surface area contributed by atoms with Crippen LogP contribution >= 0.6 is 0 Å². The van der Waals surface area contributed by atoms with Crippen LogP contribution in [-0.4, -0.2) is 8.76 Å². The molecule has 1 atom stereocenters. The van der Waals surface area contributed by atoms with E-state index in [1.807, 2.05) is 0 Å². The molecule has 1 N–H and O–H groups in total.